The first kappa shape index (κ1) is 17.7. The van der Waals surface area contributed by atoms with Crippen LogP contribution in [0.1, 0.15) is 5.82 Å². The molecule has 0 unspecified atom stereocenters. The molecule has 0 spiro atoms. The van der Waals surface area contributed by atoms with Crippen LogP contribution < -0.4 is 9.46 Å². The average Bonchev–Trinajstić information content (AvgIpc) is 2.90. The highest BCUT2D eigenvalue weighted by atomic mass is 35.5. The van der Waals surface area contributed by atoms with Crippen molar-refractivity contribution in [1.82, 2.24) is 14.3 Å². The van der Waals surface area contributed by atoms with E-state index in [1.165, 1.54) is 12.1 Å². The van der Waals surface area contributed by atoms with Gasteiger partial charge in [-0.25, -0.2) is 18.1 Å². The molecule has 0 aliphatic heterocycles. The quantitative estimate of drug-likeness (QED) is 0.714. The molecule has 3 aromatic rings. The number of halogens is 1. The second-order valence-corrected chi connectivity index (χ2v) is 7.75. The molecule has 1 heterocycles. The third kappa shape index (κ3) is 3.78. The monoisotopic (exact) mass is 379 g/mol. The summed E-state index contributed by atoms with van der Waals surface area (Å²) in [4.78, 5) is 4.74. The number of nitrogens with one attached hydrogen (secondary N) is 1. The second kappa shape index (κ2) is 7.03. The predicted octanol–water partition coefficient (Wildman–Crippen LogP) is 2.76. The summed E-state index contributed by atoms with van der Waals surface area (Å²) in [6.07, 6.45) is 0.473. The summed E-state index contributed by atoms with van der Waals surface area (Å²) in [5.41, 5.74) is 1.79. The number of aromatic nitrogens is 2. The molecule has 132 valence electrons. The second-order valence-electron chi connectivity index (χ2n) is 5.54. The fourth-order valence-corrected chi connectivity index (χ4v) is 3.73. The number of rotatable bonds is 6. The molecule has 0 aliphatic carbocycles. The molecule has 0 saturated heterocycles. The summed E-state index contributed by atoms with van der Waals surface area (Å²) in [7, 11) is -0.0512. The van der Waals surface area contributed by atoms with Crippen LogP contribution in [0, 0.1) is 0 Å². The van der Waals surface area contributed by atoms with Crippen LogP contribution in [-0.2, 0) is 23.5 Å². The maximum Gasteiger partial charge on any atom is 0.240 e. The van der Waals surface area contributed by atoms with E-state index in [0.29, 0.717) is 11.4 Å². The van der Waals surface area contributed by atoms with Gasteiger partial charge in [-0.2, -0.15) is 0 Å². The molecule has 0 fully saturated rings. The fraction of sp³-hybridized carbons (Fsp3) is 0.235. The van der Waals surface area contributed by atoms with E-state index in [1.54, 1.807) is 19.2 Å². The van der Waals surface area contributed by atoms with Crippen molar-refractivity contribution in [3.8, 4) is 5.75 Å². The lowest BCUT2D eigenvalue weighted by molar-refractivity contribution is 0.415. The summed E-state index contributed by atoms with van der Waals surface area (Å²) < 4.78 is 34.3. The first-order valence-corrected chi connectivity index (χ1v) is 9.51. The van der Waals surface area contributed by atoms with E-state index in [-0.39, 0.29) is 11.4 Å². The van der Waals surface area contributed by atoms with Crippen LogP contribution in [0.5, 0.6) is 5.75 Å². The SMILES string of the molecule is COc1ccc2c(c1)nc(CCNS(=O)(=O)c1ccc(Cl)cc1)n2C. The molecule has 2 aromatic carbocycles. The Balaban J connectivity index is 1.72. The van der Waals surface area contributed by atoms with E-state index in [1.807, 2.05) is 29.8 Å². The molecule has 1 aromatic heterocycles. The van der Waals surface area contributed by atoms with Crippen LogP contribution in [0.3, 0.4) is 0 Å². The largest absolute Gasteiger partial charge is 0.497 e. The highest BCUT2D eigenvalue weighted by Crippen LogP contribution is 2.21. The maximum atomic E-state index is 12.3. The lowest BCUT2D eigenvalue weighted by Gasteiger charge is -2.07. The Morgan fingerprint density at radius 2 is 1.92 bits per heavy atom. The maximum absolute atomic E-state index is 12.3. The minimum atomic E-state index is -3.57. The Kier molecular flexibility index (Phi) is 4.99. The van der Waals surface area contributed by atoms with Crippen LogP contribution >= 0.6 is 11.6 Å². The van der Waals surface area contributed by atoms with Crippen molar-refractivity contribution in [2.75, 3.05) is 13.7 Å². The molecular formula is C17H18ClN3O3S. The number of hydrogen-bond acceptors (Lipinski definition) is 4. The standard InChI is InChI=1S/C17H18ClN3O3S/c1-21-16-8-5-13(24-2)11-15(16)20-17(21)9-10-19-25(22,23)14-6-3-12(18)4-7-14/h3-8,11,19H,9-10H2,1-2H3. The van der Waals surface area contributed by atoms with Gasteiger partial charge in [0.05, 0.1) is 23.0 Å². The summed E-state index contributed by atoms with van der Waals surface area (Å²) in [5.74, 6) is 1.53. The number of imidazole rings is 1. The van der Waals surface area contributed by atoms with E-state index in [2.05, 4.69) is 9.71 Å². The van der Waals surface area contributed by atoms with E-state index < -0.39 is 10.0 Å². The van der Waals surface area contributed by atoms with Crippen molar-refractivity contribution in [3.05, 3.63) is 53.3 Å². The number of aryl methyl sites for hydroxylation is 1. The topological polar surface area (TPSA) is 73.2 Å². The van der Waals surface area contributed by atoms with Crippen LogP contribution in [-0.4, -0.2) is 31.6 Å². The molecule has 0 radical (unpaired) electrons. The van der Waals surface area contributed by atoms with Gasteiger partial charge in [0.25, 0.3) is 0 Å². The predicted molar refractivity (Wildman–Crippen MR) is 97.6 cm³/mol. The Hall–Kier alpha value is -2.09. The Bertz CT molecular complexity index is 998. The third-order valence-corrected chi connectivity index (χ3v) is 5.67. The van der Waals surface area contributed by atoms with Crippen LogP contribution in [0.15, 0.2) is 47.4 Å². The van der Waals surface area contributed by atoms with Crippen molar-refractivity contribution in [1.29, 1.82) is 0 Å². The molecular weight excluding hydrogens is 362 g/mol. The van der Waals surface area contributed by atoms with E-state index in [9.17, 15) is 8.42 Å². The van der Waals surface area contributed by atoms with Gasteiger partial charge in [0, 0.05) is 31.1 Å². The van der Waals surface area contributed by atoms with Gasteiger partial charge in [-0.05, 0) is 36.4 Å². The number of methoxy groups -OCH3 is 1. The van der Waals surface area contributed by atoms with E-state index in [0.717, 1.165) is 22.6 Å². The normalized spacial score (nSPS) is 11.8. The lowest BCUT2D eigenvalue weighted by Crippen LogP contribution is -2.26. The first-order valence-electron chi connectivity index (χ1n) is 7.65. The zero-order valence-electron chi connectivity index (χ0n) is 13.9. The Morgan fingerprint density at radius 3 is 2.60 bits per heavy atom. The van der Waals surface area contributed by atoms with Gasteiger partial charge in [-0.3, -0.25) is 0 Å². The summed E-state index contributed by atoms with van der Waals surface area (Å²) in [6.45, 7) is 0.249. The van der Waals surface area contributed by atoms with Gasteiger partial charge in [-0.15, -0.1) is 0 Å². The zero-order valence-corrected chi connectivity index (χ0v) is 15.4. The molecule has 3 rings (SSSR count). The summed E-state index contributed by atoms with van der Waals surface area (Å²) in [5, 5.41) is 0.495. The minimum absolute atomic E-state index is 0.187. The molecule has 0 aliphatic rings. The van der Waals surface area contributed by atoms with E-state index >= 15 is 0 Å². The van der Waals surface area contributed by atoms with Crippen LogP contribution in [0.25, 0.3) is 11.0 Å². The van der Waals surface area contributed by atoms with Crippen LogP contribution in [0.2, 0.25) is 5.02 Å². The smallest absolute Gasteiger partial charge is 0.240 e. The minimum Gasteiger partial charge on any atom is -0.497 e. The molecule has 8 heteroatoms. The van der Waals surface area contributed by atoms with Gasteiger partial charge < -0.3 is 9.30 Å². The van der Waals surface area contributed by atoms with Crippen LogP contribution in [0.4, 0.5) is 0 Å². The van der Waals surface area contributed by atoms with Gasteiger partial charge in [0.15, 0.2) is 0 Å². The average molecular weight is 380 g/mol. The molecule has 0 bridgehead atoms. The first-order chi connectivity index (χ1) is 11.9. The number of sulfonamides is 1. The molecule has 6 nitrogen and oxygen atoms in total. The highest BCUT2D eigenvalue weighted by Gasteiger charge is 2.14. The van der Waals surface area contributed by atoms with Crippen molar-refractivity contribution in [2.24, 2.45) is 7.05 Å². The molecule has 0 saturated carbocycles. The highest BCUT2D eigenvalue weighted by molar-refractivity contribution is 7.89. The third-order valence-electron chi connectivity index (χ3n) is 3.95. The summed E-state index contributed by atoms with van der Waals surface area (Å²) >= 11 is 5.79. The van der Waals surface area contributed by atoms with E-state index in [4.69, 9.17) is 16.3 Å². The Labute approximate surface area is 151 Å². The molecule has 0 atom stereocenters. The lowest BCUT2D eigenvalue weighted by atomic mass is 10.3. The Morgan fingerprint density at radius 1 is 1.20 bits per heavy atom. The van der Waals surface area contributed by atoms with Gasteiger partial charge >= 0.3 is 0 Å². The van der Waals surface area contributed by atoms with Gasteiger partial charge in [0.1, 0.15) is 11.6 Å². The van der Waals surface area contributed by atoms with Gasteiger partial charge in [0.2, 0.25) is 10.0 Å². The van der Waals surface area contributed by atoms with Gasteiger partial charge in [-0.1, -0.05) is 11.6 Å². The molecule has 1 N–H and O–H groups in total. The number of ether oxygens (including phenoxy) is 1. The van der Waals surface area contributed by atoms with Crippen molar-refractivity contribution >= 4 is 32.7 Å². The van der Waals surface area contributed by atoms with Crippen molar-refractivity contribution in [3.63, 3.8) is 0 Å². The molecule has 0 amide bonds. The van der Waals surface area contributed by atoms with Crippen molar-refractivity contribution in [2.45, 2.75) is 11.3 Å². The number of hydrogen-bond donors (Lipinski definition) is 1. The fourth-order valence-electron chi connectivity index (χ4n) is 2.57. The number of benzene rings is 2. The van der Waals surface area contributed by atoms with Crippen molar-refractivity contribution < 1.29 is 13.2 Å². The zero-order chi connectivity index (χ0) is 18.0. The number of nitrogens with zero attached hydrogens (tertiary/aromatic N) is 2. The molecule has 25 heavy (non-hydrogen) atoms. The summed E-state index contributed by atoms with van der Waals surface area (Å²) in [6, 6.07) is 11.7. The number of fused-ring (bicyclic) bond motifs is 1.